The van der Waals surface area contributed by atoms with Gasteiger partial charge in [0.25, 0.3) is 5.91 Å². The molecule has 4 rings (SSSR count). The van der Waals surface area contributed by atoms with Gasteiger partial charge in [0.1, 0.15) is 17.2 Å². The van der Waals surface area contributed by atoms with Crippen molar-refractivity contribution in [3.05, 3.63) is 71.6 Å². The van der Waals surface area contributed by atoms with E-state index in [1.165, 1.54) is 0 Å². The zero-order chi connectivity index (χ0) is 21.3. The molecule has 0 aliphatic heterocycles. The molecule has 0 fully saturated rings. The molecule has 0 radical (unpaired) electrons. The van der Waals surface area contributed by atoms with Gasteiger partial charge in [-0.2, -0.15) is 5.10 Å². The molecule has 0 unspecified atom stereocenters. The fourth-order valence-corrected chi connectivity index (χ4v) is 3.35. The Kier molecular flexibility index (Phi) is 5.18. The highest BCUT2D eigenvalue weighted by atomic mass is 16.5. The number of aromatic nitrogens is 2. The van der Waals surface area contributed by atoms with Crippen molar-refractivity contribution in [2.45, 2.75) is 13.5 Å². The van der Waals surface area contributed by atoms with Gasteiger partial charge >= 0.3 is 0 Å². The Morgan fingerprint density at radius 3 is 2.63 bits per heavy atom. The number of rotatable bonds is 6. The Morgan fingerprint density at radius 2 is 1.93 bits per heavy atom. The molecule has 0 bridgehead atoms. The minimum absolute atomic E-state index is 0.279. The monoisotopic (exact) mass is 404 g/mol. The molecule has 0 saturated carbocycles. The summed E-state index contributed by atoms with van der Waals surface area (Å²) in [6.45, 7) is 2.41. The van der Waals surface area contributed by atoms with E-state index >= 15 is 0 Å². The van der Waals surface area contributed by atoms with Gasteiger partial charge in [-0.3, -0.25) is 4.79 Å². The lowest BCUT2D eigenvalue weighted by molar-refractivity contribution is 0.0997. The quantitative estimate of drug-likeness (QED) is 0.518. The van der Waals surface area contributed by atoms with E-state index in [-0.39, 0.29) is 11.7 Å². The Morgan fingerprint density at radius 1 is 1.17 bits per heavy atom. The third-order valence-corrected chi connectivity index (χ3v) is 5.09. The lowest BCUT2D eigenvalue weighted by Gasteiger charge is -2.13. The average molecular weight is 404 g/mol. The number of amides is 1. The number of anilines is 2. The number of furan rings is 1. The molecule has 1 N–H and O–H groups in total. The first-order valence-electron chi connectivity index (χ1n) is 9.63. The highest BCUT2D eigenvalue weighted by Gasteiger charge is 2.19. The molecule has 0 aliphatic carbocycles. The van der Waals surface area contributed by atoms with E-state index in [2.05, 4.69) is 39.6 Å². The maximum absolute atomic E-state index is 12.9. The highest BCUT2D eigenvalue weighted by Crippen LogP contribution is 2.29. The molecular weight excluding hydrogens is 380 g/mol. The number of nitrogens with one attached hydrogen (secondary N) is 1. The predicted octanol–water partition coefficient (Wildman–Crippen LogP) is 4.31. The molecule has 0 spiro atoms. The van der Waals surface area contributed by atoms with Crippen LogP contribution in [0.15, 0.2) is 59.1 Å². The van der Waals surface area contributed by atoms with Gasteiger partial charge < -0.3 is 19.4 Å². The number of ether oxygens (including phenoxy) is 1. The number of nitrogens with zero attached hydrogens (tertiary/aromatic N) is 3. The molecule has 2 aromatic heterocycles. The number of hydrogen-bond donors (Lipinski definition) is 1. The Labute approximate surface area is 174 Å². The van der Waals surface area contributed by atoms with Gasteiger partial charge in [-0.15, -0.1) is 0 Å². The summed E-state index contributed by atoms with van der Waals surface area (Å²) in [5.41, 5.74) is 3.64. The summed E-state index contributed by atoms with van der Waals surface area (Å²) in [4.78, 5) is 14.9. The van der Waals surface area contributed by atoms with Crippen molar-refractivity contribution in [3.63, 3.8) is 0 Å². The SMILES string of the molecule is COc1ccc2oc(C(=O)Nc3ccnn3Cc3ccc(N(C)C)cc3)c(C)c2c1. The van der Waals surface area contributed by atoms with Crippen molar-refractivity contribution in [2.75, 3.05) is 31.4 Å². The lowest BCUT2D eigenvalue weighted by Crippen LogP contribution is -2.16. The van der Waals surface area contributed by atoms with Crippen LogP contribution in [-0.4, -0.2) is 36.9 Å². The molecule has 7 heteroatoms. The van der Waals surface area contributed by atoms with Gasteiger partial charge in [0.2, 0.25) is 0 Å². The Balaban J connectivity index is 1.54. The fourth-order valence-electron chi connectivity index (χ4n) is 3.35. The van der Waals surface area contributed by atoms with Crippen molar-refractivity contribution in [1.82, 2.24) is 9.78 Å². The maximum Gasteiger partial charge on any atom is 0.292 e. The molecule has 30 heavy (non-hydrogen) atoms. The van der Waals surface area contributed by atoms with E-state index in [1.54, 1.807) is 30.1 Å². The van der Waals surface area contributed by atoms with Crippen LogP contribution in [0.4, 0.5) is 11.5 Å². The number of carbonyl (C=O) groups excluding carboxylic acids is 1. The first-order valence-corrected chi connectivity index (χ1v) is 9.63. The molecule has 7 nitrogen and oxygen atoms in total. The summed E-state index contributed by atoms with van der Waals surface area (Å²) in [6.07, 6.45) is 1.67. The fraction of sp³-hybridized carbons (Fsp3) is 0.217. The van der Waals surface area contributed by atoms with Crippen LogP contribution in [0.1, 0.15) is 21.7 Å². The second-order valence-corrected chi connectivity index (χ2v) is 7.31. The summed E-state index contributed by atoms with van der Waals surface area (Å²) in [7, 11) is 5.62. The number of methoxy groups -OCH3 is 1. The number of carbonyl (C=O) groups is 1. The van der Waals surface area contributed by atoms with Crippen molar-refractivity contribution in [1.29, 1.82) is 0 Å². The van der Waals surface area contributed by atoms with E-state index < -0.39 is 0 Å². The van der Waals surface area contributed by atoms with Gasteiger partial charge in [0.05, 0.1) is 19.9 Å². The molecular formula is C23H24N4O3. The summed E-state index contributed by atoms with van der Waals surface area (Å²) in [5.74, 6) is 1.29. The standard InChI is InChI=1S/C23H24N4O3/c1-15-19-13-18(29-4)9-10-20(19)30-22(15)23(28)25-21-11-12-24-27(21)14-16-5-7-17(8-6-16)26(2)3/h5-13H,14H2,1-4H3,(H,25,28). The Bertz CT molecular complexity index is 1190. The van der Waals surface area contributed by atoms with E-state index in [0.29, 0.717) is 17.9 Å². The van der Waals surface area contributed by atoms with Gasteiger partial charge in [0.15, 0.2) is 5.76 Å². The zero-order valence-corrected chi connectivity index (χ0v) is 17.5. The topological polar surface area (TPSA) is 72.5 Å². The largest absolute Gasteiger partial charge is 0.497 e. The third-order valence-electron chi connectivity index (χ3n) is 5.09. The minimum atomic E-state index is -0.313. The van der Waals surface area contributed by atoms with Gasteiger partial charge in [-0.1, -0.05) is 12.1 Å². The van der Waals surface area contributed by atoms with Gasteiger partial charge in [0, 0.05) is 36.8 Å². The molecule has 0 aliphatic rings. The molecule has 0 saturated heterocycles. The second-order valence-electron chi connectivity index (χ2n) is 7.31. The Hall–Kier alpha value is -3.74. The van der Waals surface area contributed by atoms with Crippen LogP contribution in [0.25, 0.3) is 11.0 Å². The summed E-state index contributed by atoms with van der Waals surface area (Å²) < 4.78 is 12.8. The van der Waals surface area contributed by atoms with E-state index in [9.17, 15) is 4.79 Å². The predicted molar refractivity (Wildman–Crippen MR) is 118 cm³/mol. The third kappa shape index (κ3) is 3.74. The number of benzene rings is 2. The highest BCUT2D eigenvalue weighted by molar-refractivity contribution is 6.06. The van der Waals surface area contributed by atoms with Crippen molar-refractivity contribution >= 4 is 28.4 Å². The number of hydrogen-bond acceptors (Lipinski definition) is 5. The molecule has 154 valence electrons. The first-order chi connectivity index (χ1) is 14.5. The number of fused-ring (bicyclic) bond motifs is 1. The van der Waals surface area contributed by atoms with Gasteiger partial charge in [-0.05, 0) is 42.8 Å². The first kappa shape index (κ1) is 19.6. The van der Waals surface area contributed by atoms with Crippen LogP contribution < -0.4 is 15.0 Å². The van der Waals surface area contributed by atoms with Crippen LogP contribution >= 0.6 is 0 Å². The van der Waals surface area contributed by atoms with Crippen molar-refractivity contribution in [3.8, 4) is 5.75 Å². The second kappa shape index (κ2) is 7.94. The molecule has 4 aromatic rings. The van der Waals surface area contributed by atoms with E-state index in [4.69, 9.17) is 9.15 Å². The molecule has 1 amide bonds. The van der Waals surface area contributed by atoms with Crippen molar-refractivity contribution in [2.24, 2.45) is 0 Å². The van der Waals surface area contributed by atoms with Crippen LogP contribution in [0.2, 0.25) is 0 Å². The smallest absolute Gasteiger partial charge is 0.292 e. The van der Waals surface area contributed by atoms with Crippen LogP contribution in [0.5, 0.6) is 5.75 Å². The summed E-state index contributed by atoms with van der Waals surface area (Å²) >= 11 is 0. The van der Waals surface area contributed by atoms with Crippen LogP contribution in [0.3, 0.4) is 0 Å². The molecule has 2 heterocycles. The lowest BCUT2D eigenvalue weighted by atomic mass is 10.1. The van der Waals surface area contributed by atoms with Crippen LogP contribution in [0, 0.1) is 6.92 Å². The van der Waals surface area contributed by atoms with Crippen molar-refractivity contribution < 1.29 is 13.9 Å². The maximum atomic E-state index is 12.9. The summed E-state index contributed by atoms with van der Waals surface area (Å²) in [5, 5.41) is 8.12. The van der Waals surface area contributed by atoms with E-state index in [0.717, 1.165) is 28.0 Å². The molecule has 0 atom stereocenters. The van der Waals surface area contributed by atoms with Gasteiger partial charge in [-0.25, -0.2) is 4.68 Å². The summed E-state index contributed by atoms with van der Waals surface area (Å²) in [6, 6.07) is 15.5. The number of aryl methyl sites for hydroxylation is 1. The van der Waals surface area contributed by atoms with Crippen LogP contribution in [-0.2, 0) is 6.54 Å². The average Bonchev–Trinajstić information content (AvgIpc) is 3.32. The zero-order valence-electron chi connectivity index (χ0n) is 17.5. The normalized spacial score (nSPS) is 10.9. The minimum Gasteiger partial charge on any atom is -0.497 e. The molecule has 2 aromatic carbocycles. The van der Waals surface area contributed by atoms with E-state index in [1.807, 2.05) is 33.2 Å².